The predicted molar refractivity (Wildman–Crippen MR) is 116 cm³/mol. The van der Waals surface area contributed by atoms with Gasteiger partial charge in [-0.1, -0.05) is 84.9 Å². The second-order valence-electron chi connectivity index (χ2n) is 6.52. The molecule has 5 aromatic rings. The summed E-state index contributed by atoms with van der Waals surface area (Å²) >= 11 is 1.69. The Balaban J connectivity index is 1.58. The van der Waals surface area contributed by atoms with E-state index >= 15 is 0 Å². The van der Waals surface area contributed by atoms with E-state index in [2.05, 4.69) is 96.0 Å². The summed E-state index contributed by atoms with van der Waals surface area (Å²) < 4.78 is 1.22. The van der Waals surface area contributed by atoms with Crippen LogP contribution in [0.4, 0.5) is 0 Å². The second-order valence-corrected chi connectivity index (χ2v) is 7.41. The Hall–Kier alpha value is -3.23. The lowest BCUT2D eigenvalue weighted by atomic mass is 9.93. The van der Waals surface area contributed by atoms with E-state index in [1.807, 2.05) is 11.6 Å². The smallest absolute Gasteiger partial charge is 0.0812 e. The molecule has 0 aliphatic rings. The van der Waals surface area contributed by atoms with Crippen LogP contribution in [0.2, 0.25) is 0 Å². The Morgan fingerprint density at radius 1 is 0.519 bits per heavy atom. The van der Waals surface area contributed by atoms with Crippen molar-refractivity contribution in [3.8, 4) is 33.4 Å². The molecule has 27 heavy (non-hydrogen) atoms. The van der Waals surface area contributed by atoms with Crippen molar-refractivity contribution >= 4 is 21.6 Å². The summed E-state index contributed by atoms with van der Waals surface area (Å²) in [5.74, 6) is 0. The molecule has 0 aliphatic heterocycles. The minimum Gasteiger partial charge on any atom is -0.245 e. The summed E-state index contributed by atoms with van der Waals surface area (Å²) in [4.78, 5) is 4.39. The average Bonchev–Trinajstić information content (AvgIpc) is 3.22. The standard InChI is InChI=1S/C25H17NS/c1-2-6-18(7-3-1)19-10-12-20(13-11-19)22-8-4-5-9-23(22)21-14-15-24-25(16-21)27-17-26-24/h1-17H. The van der Waals surface area contributed by atoms with Crippen LogP contribution in [0.1, 0.15) is 0 Å². The summed E-state index contributed by atoms with van der Waals surface area (Å²) in [7, 11) is 0. The van der Waals surface area contributed by atoms with Gasteiger partial charge < -0.3 is 0 Å². The van der Waals surface area contributed by atoms with Crippen LogP contribution in [0.15, 0.2) is 103 Å². The van der Waals surface area contributed by atoms with Crippen molar-refractivity contribution < 1.29 is 0 Å². The van der Waals surface area contributed by atoms with E-state index < -0.39 is 0 Å². The highest BCUT2D eigenvalue weighted by molar-refractivity contribution is 7.16. The second kappa shape index (κ2) is 6.82. The molecule has 0 saturated carbocycles. The third-order valence-corrected chi connectivity index (χ3v) is 5.66. The highest BCUT2D eigenvalue weighted by atomic mass is 32.1. The van der Waals surface area contributed by atoms with Gasteiger partial charge in [0.2, 0.25) is 0 Å². The number of rotatable bonds is 3. The molecule has 0 atom stereocenters. The molecular formula is C25H17NS. The van der Waals surface area contributed by atoms with Gasteiger partial charge in [-0.3, -0.25) is 0 Å². The molecule has 1 nitrogen and oxygen atoms in total. The van der Waals surface area contributed by atoms with Crippen LogP contribution in [0.5, 0.6) is 0 Å². The van der Waals surface area contributed by atoms with Crippen LogP contribution in [-0.4, -0.2) is 4.98 Å². The molecule has 0 N–H and O–H groups in total. The topological polar surface area (TPSA) is 12.9 Å². The van der Waals surface area contributed by atoms with Gasteiger partial charge in [-0.15, -0.1) is 11.3 Å². The molecular weight excluding hydrogens is 346 g/mol. The molecule has 1 heterocycles. The van der Waals surface area contributed by atoms with Gasteiger partial charge >= 0.3 is 0 Å². The first kappa shape index (κ1) is 16.0. The maximum absolute atomic E-state index is 4.39. The molecule has 0 fully saturated rings. The summed E-state index contributed by atoms with van der Waals surface area (Å²) in [6.07, 6.45) is 0. The quantitative estimate of drug-likeness (QED) is 0.328. The number of hydrogen-bond donors (Lipinski definition) is 0. The van der Waals surface area contributed by atoms with E-state index in [1.54, 1.807) is 11.3 Å². The van der Waals surface area contributed by atoms with Gasteiger partial charge in [0.1, 0.15) is 0 Å². The molecule has 5 rings (SSSR count). The van der Waals surface area contributed by atoms with Crippen LogP contribution in [-0.2, 0) is 0 Å². The summed E-state index contributed by atoms with van der Waals surface area (Å²) in [5.41, 5.74) is 10.4. The minimum atomic E-state index is 1.06. The van der Waals surface area contributed by atoms with Crippen LogP contribution < -0.4 is 0 Å². The van der Waals surface area contributed by atoms with Gasteiger partial charge in [0.05, 0.1) is 15.7 Å². The van der Waals surface area contributed by atoms with Crippen LogP contribution in [0, 0.1) is 0 Å². The molecule has 4 aromatic carbocycles. The summed E-state index contributed by atoms with van der Waals surface area (Å²) in [6.45, 7) is 0. The molecule has 0 radical (unpaired) electrons. The zero-order chi connectivity index (χ0) is 18.1. The minimum absolute atomic E-state index is 1.06. The normalized spacial score (nSPS) is 11.0. The van der Waals surface area contributed by atoms with Crippen molar-refractivity contribution in [2.24, 2.45) is 0 Å². The van der Waals surface area contributed by atoms with Gasteiger partial charge in [-0.25, -0.2) is 4.98 Å². The number of thiazole rings is 1. The number of fused-ring (bicyclic) bond motifs is 1. The molecule has 0 unspecified atom stereocenters. The van der Waals surface area contributed by atoms with Crippen molar-refractivity contribution in [3.63, 3.8) is 0 Å². The van der Waals surface area contributed by atoms with E-state index in [0.717, 1.165) is 5.52 Å². The van der Waals surface area contributed by atoms with Gasteiger partial charge in [-0.2, -0.15) is 0 Å². The fourth-order valence-electron chi connectivity index (χ4n) is 3.48. The number of hydrogen-bond acceptors (Lipinski definition) is 2. The Kier molecular flexibility index (Phi) is 4.04. The van der Waals surface area contributed by atoms with Crippen molar-refractivity contribution in [1.29, 1.82) is 0 Å². The third kappa shape index (κ3) is 3.05. The van der Waals surface area contributed by atoms with Gasteiger partial charge in [0.15, 0.2) is 0 Å². The lowest BCUT2D eigenvalue weighted by molar-refractivity contribution is 1.50. The first-order valence-electron chi connectivity index (χ1n) is 8.97. The number of nitrogens with zero attached hydrogens (tertiary/aromatic N) is 1. The maximum atomic E-state index is 4.39. The molecule has 0 bridgehead atoms. The van der Waals surface area contributed by atoms with E-state index in [9.17, 15) is 0 Å². The monoisotopic (exact) mass is 363 g/mol. The van der Waals surface area contributed by atoms with Gasteiger partial charge in [-0.05, 0) is 45.5 Å². The first-order valence-corrected chi connectivity index (χ1v) is 9.85. The number of aromatic nitrogens is 1. The van der Waals surface area contributed by atoms with Crippen molar-refractivity contribution in [3.05, 3.63) is 103 Å². The van der Waals surface area contributed by atoms with Crippen molar-refractivity contribution in [2.75, 3.05) is 0 Å². The van der Waals surface area contributed by atoms with Crippen LogP contribution >= 0.6 is 11.3 Å². The molecule has 0 aliphatic carbocycles. The van der Waals surface area contributed by atoms with Crippen LogP contribution in [0.3, 0.4) is 0 Å². The molecule has 0 spiro atoms. The Morgan fingerprint density at radius 2 is 1.11 bits per heavy atom. The lowest BCUT2D eigenvalue weighted by Crippen LogP contribution is -1.85. The number of benzene rings is 4. The van der Waals surface area contributed by atoms with Crippen molar-refractivity contribution in [2.45, 2.75) is 0 Å². The Labute approximate surface area is 162 Å². The third-order valence-electron chi connectivity index (χ3n) is 4.87. The zero-order valence-electron chi connectivity index (χ0n) is 14.7. The zero-order valence-corrected chi connectivity index (χ0v) is 15.5. The maximum Gasteiger partial charge on any atom is 0.0812 e. The molecule has 0 amide bonds. The van der Waals surface area contributed by atoms with E-state index in [0.29, 0.717) is 0 Å². The molecule has 0 saturated heterocycles. The van der Waals surface area contributed by atoms with Gasteiger partial charge in [0, 0.05) is 0 Å². The summed E-state index contributed by atoms with van der Waals surface area (Å²) in [5, 5.41) is 0. The van der Waals surface area contributed by atoms with Gasteiger partial charge in [0.25, 0.3) is 0 Å². The highest BCUT2D eigenvalue weighted by Gasteiger charge is 2.09. The van der Waals surface area contributed by atoms with Crippen molar-refractivity contribution in [1.82, 2.24) is 4.98 Å². The highest BCUT2D eigenvalue weighted by Crippen LogP contribution is 2.35. The molecule has 2 heteroatoms. The SMILES string of the molecule is c1ccc(-c2ccc(-c3ccccc3-c3ccc4ncsc4c3)cc2)cc1. The average molecular weight is 363 g/mol. The Morgan fingerprint density at radius 3 is 1.89 bits per heavy atom. The summed E-state index contributed by atoms with van der Waals surface area (Å²) in [6, 6.07) is 34.5. The van der Waals surface area contributed by atoms with E-state index in [-0.39, 0.29) is 0 Å². The van der Waals surface area contributed by atoms with E-state index in [1.165, 1.54) is 38.1 Å². The van der Waals surface area contributed by atoms with Crippen LogP contribution in [0.25, 0.3) is 43.6 Å². The molecule has 128 valence electrons. The van der Waals surface area contributed by atoms with E-state index in [4.69, 9.17) is 0 Å². The first-order chi connectivity index (χ1) is 13.4. The Bertz CT molecular complexity index is 1200. The predicted octanol–water partition coefficient (Wildman–Crippen LogP) is 7.30. The fourth-order valence-corrected chi connectivity index (χ4v) is 4.20. The fraction of sp³-hybridized carbons (Fsp3) is 0. The lowest BCUT2D eigenvalue weighted by Gasteiger charge is -2.11. The largest absolute Gasteiger partial charge is 0.245 e. The molecule has 1 aromatic heterocycles.